The van der Waals surface area contributed by atoms with Gasteiger partial charge >= 0.3 is 5.69 Å². The molecule has 2 aliphatic heterocycles. The van der Waals surface area contributed by atoms with Gasteiger partial charge < -0.3 is 26.4 Å². The summed E-state index contributed by atoms with van der Waals surface area (Å²) < 4.78 is 1.54. The number of aliphatic hydroxyl groups excluding tert-OH is 1. The van der Waals surface area contributed by atoms with Gasteiger partial charge in [-0.15, -0.1) is 0 Å². The lowest BCUT2D eigenvalue weighted by Gasteiger charge is -2.38. The number of anilines is 1. The maximum Gasteiger partial charge on any atom is 0.354 e. The van der Waals surface area contributed by atoms with Crippen molar-refractivity contribution in [2.45, 2.75) is 44.8 Å². The zero-order valence-corrected chi connectivity index (χ0v) is 21.3. The Hall–Kier alpha value is -2.79. The molecule has 196 valence electrons. The Labute approximate surface area is 212 Å². The Bertz CT molecular complexity index is 1080. The van der Waals surface area contributed by atoms with Gasteiger partial charge in [0.05, 0.1) is 12.3 Å². The van der Waals surface area contributed by atoms with Gasteiger partial charge in [0.15, 0.2) is 0 Å². The Morgan fingerprint density at radius 2 is 1.75 bits per heavy atom. The Kier molecular flexibility index (Phi) is 8.09. The molecule has 0 spiro atoms. The van der Waals surface area contributed by atoms with E-state index < -0.39 is 12.1 Å². The topological polar surface area (TPSA) is 134 Å². The molecule has 2 aliphatic rings. The van der Waals surface area contributed by atoms with Gasteiger partial charge in [0.25, 0.3) is 0 Å². The third-order valence-corrected chi connectivity index (χ3v) is 7.49. The van der Waals surface area contributed by atoms with Crippen molar-refractivity contribution >= 4 is 11.7 Å². The van der Waals surface area contributed by atoms with E-state index in [4.69, 9.17) is 11.5 Å². The summed E-state index contributed by atoms with van der Waals surface area (Å²) in [6.07, 6.45) is 4.03. The molecule has 36 heavy (non-hydrogen) atoms. The zero-order chi connectivity index (χ0) is 25.9. The summed E-state index contributed by atoms with van der Waals surface area (Å²) in [5.41, 5.74) is 12.3. The number of amides is 1. The highest BCUT2D eigenvalue weighted by molar-refractivity contribution is 5.86. The van der Waals surface area contributed by atoms with E-state index in [-0.39, 0.29) is 17.6 Å². The number of piperidine rings is 1. The minimum absolute atomic E-state index is 0.262. The summed E-state index contributed by atoms with van der Waals surface area (Å²) in [7, 11) is 0. The summed E-state index contributed by atoms with van der Waals surface area (Å²) in [4.78, 5) is 35.7. The number of carbonyl (C=O) groups excluding carboxylic acids is 1. The fourth-order valence-electron chi connectivity index (χ4n) is 4.99. The van der Waals surface area contributed by atoms with Crippen LogP contribution in [0.4, 0.5) is 5.82 Å². The molecule has 0 bridgehead atoms. The van der Waals surface area contributed by atoms with Crippen LogP contribution in [0.2, 0.25) is 0 Å². The molecule has 2 aromatic rings. The van der Waals surface area contributed by atoms with Crippen molar-refractivity contribution in [2.24, 2.45) is 17.4 Å². The van der Waals surface area contributed by atoms with Gasteiger partial charge in [-0.05, 0) is 69.5 Å². The highest BCUT2D eigenvalue weighted by Gasteiger charge is 2.34. The van der Waals surface area contributed by atoms with Crippen LogP contribution in [-0.2, 0) is 11.3 Å². The second kappa shape index (κ2) is 11.1. The van der Waals surface area contributed by atoms with Gasteiger partial charge in [0.2, 0.25) is 5.91 Å². The molecule has 1 aromatic carbocycles. The fourth-order valence-corrected chi connectivity index (χ4v) is 4.99. The Morgan fingerprint density at radius 1 is 1.11 bits per heavy atom. The van der Waals surface area contributed by atoms with Gasteiger partial charge in [0.1, 0.15) is 11.4 Å². The third kappa shape index (κ3) is 5.95. The van der Waals surface area contributed by atoms with E-state index in [0.29, 0.717) is 37.9 Å². The molecule has 5 N–H and O–H groups in total. The number of aromatic nitrogens is 2. The van der Waals surface area contributed by atoms with Crippen molar-refractivity contribution in [3.8, 4) is 5.69 Å². The molecule has 3 heterocycles. The SMILES string of the molecule is C[C@H](N)C1CCN(Cc2ccc(-n3ccc(N4CCN(C(=O)[C@@](C)(N)CO)CC4)nc3=O)cc2)CC1. The molecule has 0 aliphatic carbocycles. The summed E-state index contributed by atoms with van der Waals surface area (Å²) in [5, 5.41) is 9.35. The second-order valence-corrected chi connectivity index (χ2v) is 10.4. The number of likely N-dealkylation sites (tertiary alicyclic amines) is 1. The van der Waals surface area contributed by atoms with Crippen LogP contribution in [0.3, 0.4) is 0 Å². The summed E-state index contributed by atoms with van der Waals surface area (Å²) >= 11 is 0. The molecule has 0 saturated carbocycles. The van der Waals surface area contributed by atoms with E-state index in [1.807, 2.05) is 23.1 Å². The van der Waals surface area contributed by atoms with E-state index in [1.54, 1.807) is 15.7 Å². The largest absolute Gasteiger partial charge is 0.394 e. The number of hydrogen-bond donors (Lipinski definition) is 3. The van der Waals surface area contributed by atoms with E-state index >= 15 is 0 Å². The number of rotatable bonds is 7. The quantitative estimate of drug-likeness (QED) is 0.492. The monoisotopic (exact) mass is 497 g/mol. The van der Waals surface area contributed by atoms with Crippen molar-refractivity contribution in [1.82, 2.24) is 19.4 Å². The lowest BCUT2D eigenvalue weighted by Crippen LogP contribution is -2.60. The maximum atomic E-state index is 12.8. The molecule has 10 nitrogen and oxygen atoms in total. The van der Waals surface area contributed by atoms with Crippen molar-refractivity contribution in [3.63, 3.8) is 0 Å². The zero-order valence-electron chi connectivity index (χ0n) is 21.3. The molecular formula is C26H39N7O3. The number of benzene rings is 1. The molecule has 0 radical (unpaired) electrons. The number of piperazine rings is 1. The van der Waals surface area contributed by atoms with E-state index in [1.165, 1.54) is 12.5 Å². The predicted octanol–water partition coefficient (Wildman–Crippen LogP) is 0.150. The molecule has 4 rings (SSSR count). The van der Waals surface area contributed by atoms with Crippen molar-refractivity contribution < 1.29 is 9.90 Å². The van der Waals surface area contributed by atoms with Crippen LogP contribution in [0.1, 0.15) is 32.3 Å². The number of nitrogens with zero attached hydrogens (tertiary/aromatic N) is 5. The van der Waals surface area contributed by atoms with Gasteiger partial charge in [-0.2, -0.15) is 4.98 Å². The van der Waals surface area contributed by atoms with Crippen LogP contribution in [-0.4, -0.2) is 87.8 Å². The minimum Gasteiger partial charge on any atom is -0.394 e. The van der Waals surface area contributed by atoms with Crippen LogP contribution in [0.25, 0.3) is 5.69 Å². The van der Waals surface area contributed by atoms with Gasteiger partial charge in [-0.1, -0.05) is 12.1 Å². The molecular weight excluding hydrogens is 458 g/mol. The van der Waals surface area contributed by atoms with Crippen LogP contribution in [0.5, 0.6) is 0 Å². The molecule has 0 unspecified atom stereocenters. The smallest absolute Gasteiger partial charge is 0.354 e. The van der Waals surface area contributed by atoms with Gasteiger partial charge in [0, 0.05) is 45.0 Å². The van der Waals surface area contributed by atoms with Crippen LogP contribution < -0.4 is 22.1 Å². The predicted molar refractivity (Wildman–Crippen MR) is 140 cm³/mol. The number of carbonyl (C=O) groups is 1. The normalized spacial score (nSPS) is 20.2. The first-order valence-electron chi connectivity index (χ1n) is 12.8. The molecule has 10 heteroatoms. The summed E-state index contributed by atoms with van der Waals surface area (Å²) in [5.74, 6) is 0.935. The Balaban J connectivity index is 1.34. The number of nitrogens with two attached hydrogens (primary N) is 2. The average Bonchev–Trinajstić information content (AvgIpc) is 2.89. The first-order chi connectivity index (χ1) is 17.2. The standard InChI is InChI=1S/C26H39N7O3/c1-19(27)21-7-10-30(11-8-21)17-20-3-5-22(6-4-20)33-12-9-23(29-25(33)36)31-13-15-32(16-14-31)24(35)26(2,28)18-34/h3-6,9,12,19,21,34H,7-8,10-11,13-18,27-28H2,1-2H3/t19-,26-/m0/s1. The molecule has 1 amide bonds. The molecule has 1 aromatic heterocycles. The van der Waals surface area contributed by atoms with Crippen molar-refractivity contribution in [2.75, 3.05) is 50.8 Å². The number of hydrogen-bond acceptors (Lipinski definition) is 8. The Morgan fingerprint density at radius 3 is 2.31 bits per heavy atom. The van der Waals surface area contributed by atoms with Crippen LogP contribution in [0, 0.1) is 5.92 Å². The minimum atomic E-state index is -1.28. The average molecular weight is 498 g/mol. The molecule has 2 atom stereocenters. The van der Waals surface area contributed by atoms with Crippen molar-refractivity contribution in [1.29, 1.82) is 0 Å². The van der Waals surface area contributed by atoms with Gasteiger partial charge in [-0.25, -0.2) is 4.79 Å². The maximum absolute atomic E-state index is 12.8. The third-order valence-electron chi connectivity index (χ3n) is 7.49. The van der Waals surface area contributed by atoms with Crippen LogP contribution >= 0.6 is 0 Å². The first kappa shape index (κ1) is 26.3. The lowest BCUT2D eigenvalue weighted by molar-refractivity contribution is -0.138. The highest BCUT2D eigenvalue weighted by atomic mass is 16.3. The van der Waals surface area contributed by atoms with E-state index in [0.717, 1.165) is 38.2 Å². The molecule has 2 saturated heterocycles. The van der Waals surface area contributed by atoms with Gasteiger partial charge in [-0.3, -0.25) is 14.3 Å². The van der Waals surface area contributed by atoms with E-state index in [2.05, 4.69) is 28.9 Å². The van der Waals surface area contributed by atoms with Crippen LogP contribution in [0.15, 0.2) is 41.3 Å². The first-order valence-corrected chi connectivity index (χ1v) is 12.8. The highest BCUT2D eigenvalue weighted by Crippen LogP contribution is 2.21. The fraction of sp³-hybridized carbons (Fsp3) is 0.577. The number of aliphatic hydroxyl groups is 1. The lowest BCUT2D eigenvalue weighted by atomic mass is 9.91. The molecule has 2 fully saturated rings. The van der Waals surface area contributed by atoms with Crippen molar-refractivity contribution in [3.05, 3.63) is 52.6 Å². The van der Waals surface area contributed by atoms with E-state index in [9.17, 15) is 14.7 Å². The summed E-state index contributed by atoms with van der Waals surface area (Å²) in [6, 6.07) is 10.2. The summed E-state index contributed by atoms with van der Waals surface area (Å²) in [6.45, 7) is 8.25. The second-order valence-electron chi connectivity index (χ2n) is 10.4.